The molecule has 0 fully saturated rings. The van der Waals surface area contributed by atoms with Gasteiger partial charge in [0.05, 0.1) is 16.8 Å². The number of rotatable bonds is 2. The second-order valence-corrected chi connectivity index (χ2v) is 4.23. The van der Waals surface area contributed by atoms with Crippen molar-refractivity contribution in [2.45, 2.75) is 11.8 Å². The average molecular weight is 198 g/mol. The maximum atomic E-state index is 11.5. The summed E-state index contributed by atoms with van der Waals surface area (Å²) >= 11 is 0. The first kappa shape index (κ1) is 9.73. The third-order valence-electron chi connectivity index (χ3n) is 1.43. The van der Waals surface area contributed by atoms with Gasteiger partial charge in [-0.3, -0.25) is 4.98 Å². The fourth-order valence-electron chi connectivity index (χ4n) is 0.905. The molecule has 0 amide bonds. The molecule has 0 aliphatic heterocycles. The number of anilines is 1. The molecule has 5 heteroatoms. The molecule has 0 atom stereocenters. The van der Waals surface area contributed by atoms with Crippen LogP contribution in [-0.2, 0) is 9.84 Å². The smallest absolute Gasteiger partial charge is 0.201 e. The topological polar surface area (TPSA) is 73.0 Å². The first-order valence-electron chi connectivity index (χ1n) is 3.65. The van der Waals surface area contributed by atoms with Crippen LogP contribution in [0.4, 0.5) is 5.69 Å². The lowest BCUT2D eigenvalue weighted by Gasteiger charge is -2.01. The Bertz CT molecular complexity index is 424. The molecule has 0 bridgehead atoms. The predicted octanol–water partition coefficient (Wildman–Crippen LogP) is 0.971. The second kappa shape index (κ2) is 3.57. The second-order valence-electron chi connectivity index (χ2n) is 2.43. The van der Waals surface area contributed by atoms with E-state index in [2.05, 4.69) is 4.98 Å². The maximum Gasteiger partial charge on any atom is 0.201 e. The van der Waals surface area contributed by atoms with Crippen molar-refractivity contribution in [2.75, 3.05) is 5.73 Å². The Kier molecular flexibility index (Phi) is 2.67. The minimum absolute atomic E-state index is 0.0978. The fourth-order valence-corrected chi connectivity index (χ4v) is 2.04. The molecule has 1 aromatic rings. The maximum absolute atomic E-state index is 11.5. The molecule has 0 spiro atoms. The number of nitrogen functional groups attached to an aromatic ring is 1. The van der Waals surface area contributed by atoms with Crippen molar-refractivity contribution in [3.05, 3.63) is 29.9 Å². The minimum Gasteiger partial charge on any atom is -0.396 e. The number of hydrogen-bond donors (Lipinski definition) is 1. The zero-order valence-electron chi connectivity index (χ0n) is 7.14. The van der Waals surface area contributed by atoms with Crippen molar-refractivity contribution >= 4 is 15.5 Å². The Balaban J connectivity index is 3.31. The van der Waals surface area contributed by atoms with E-state index >= 15 is 0 Å². The van der Waals surface area contributed by atoms with Crippen LogP contribution >= 0.6 is 0 Å². The molecule has 0 saturated carbocycles. The summed E-state index contributed by atoms with van der Waals surface area (Å²) in [6, 6.07) is 1.38. The average Bonchev–Trinajstić information content (AvgIpc) is 2.04. The summed E-state index contributed by atoms with van der Waals surface area (Å²) in [5.41, 5.74) is 5.63. The molecular weight excluding hydrogens is 188 g/mol. The van der Waals surface area contributed by atoms with Crippen molar-refractivity contribution < 1.29 is 8.42 Å². The molecule has 0 saturated heterocycles. The first-order valence-corrected chi connectivity index (χ1v) is 5.20. The van der Waals surface area contributed by atoms with Crippen LogP contribution in [0.3, 0.4) is 0 Å². The van der Waals surface area contributed by atoms with Gasteiger partial charge in [0.1, 0.15) is 0 Å². The molecule has 0 aliphatic carbocycles. The summed E-state index contributed by atoms with van der Waals surface area (Å²) in [4.78, 5) is 3.80. The fraction of sp³-hybridized carbons (Fsp3) is 0.125. The van der Waals surface area contributed by atoms with Gasteiger partial charge < -0.3 is 5.73 Å². The van der Waals surface area contributed by atoms with Crippen LogP contribution < -0.4 is 5.73 Å². The van der Waals surface area contributed by atoms with Crippen LogP contribution in [0.1, 0.15) is 6.92 Å². The van der Waals surface area contributed by atoms with E-state index in [0.29, 0.717) is 0 Å². The van der Waals surface area contributed by atoms with Crippen LogP contribution in [0.2, 0.25) is 0 Å². The normalized spacial score (nSPS) is 12.1. The van der Waals surface area contributed by atoms with Crippen molar-refractivity contribution in [3.63, 3.8) is 0 Å². The third kappa shape index (κ3) is 2.06. The molecule has 0 unspecified atom stereocenters. The van der Waals surface area contributed by atoms with Gasteiger partial charge in [-0.2, -0.15) is 0 Å². The summed E-state index contributed by atoms with van der Waals surface area (Å²) < 4.78 is 22.9. The molecule has 1 heterocycles. The number of allylic oxidation sites excluding steroid dienone is 1. The van der Waals surface area contributed by atoms with Crippen molar-refractivity contribution in [1.82, 2.24) is 4.98 Å². The largest absolute Gasteiger partial charge is 0.396 e. The van der Waals surface area contributed by atoms with Gasteiger partial charge in [0.2, 0.25) is 9.84 Å². The Hall–Kier alpha value is -1.36. The van der Waals surface area contributed by atoms with E-state index in [0.717, 1.165) is 5.41 Å². The Labute approximate surface area is 77.0 Å². The number of sulfone groups is 1. The number of aromatic nitrogens is 1. The van der Waals surface area contributed by atoms with Crippen LogP contribution in [0.15, 0.2) is 34.8 Å². The molecule has 0 aliphatic rings. The zero-order valence-corrected chi connectivity index (χ0v) is 7.95. The van der Waals surface area contributed by atoms with Crippen LogP contribution in [0, 0.1) is 0 Å². The highest BCUT2D eigenvalue weighted by molar-refractivity contribution is 7.94. The van der Waals surface area contributed by atoms with Gasteiger partial charge in [-0.25, -0.2) is 8.42 Å². The lowest BCUT2D eigenvalue weighted by Crippen LogP contribution is -2.01. The molecule has 70 valence electrons. The molecule has 2 N–H and O–H groups in total. The van der Waals surface area contributed by atoms with Gasteiger partial charge in [-0.05, 0) is 13.0 Å². The summed E-state index contributed by atoms with van der Waals surface area (Å²) in [5, 5.41) is 1.11. The SMILES string of the molecule is C/C=C\S(=O)(=O)c1ccncc1N. The van der Waals surface area contributed by atoms with E-state index in [1.165, 1.54) is 24.5 Å². The number of nitrogens with two attached hydrogens (primary N) is 1. The Morgan fingerprint density at radius 1 is 1.54 bits per heavy atom. The van der Waals surface area contributed by atoms with Gasteiger partial charge in [-0.1, -0.05) is 6.08 Å². The standard InChI is InChI=1S/C8H10N2O2S/c1-2-5-13(11,12)8-3-4-10-6-7(8)9/h2-6H,9H2,1H3/b5-2-. The lowest BCUT2D eigenvalue weighted by molar-refractivity contribution is 0.605. The molecule has 13 heavy (non-hydrogen) atoms. The number of pyridine rings is 1. The Morgan fingerprint density at radius 3 is 2.77 bits per heavy atom. The lowest BCUT2D eigenvalue weighted by atomic mass is 10.4. The zero-order chi connectivity index (χ0) is 9.90. The predicted molar refractivity (Wildman–Crippen MR) is 50.6 cm³/mol. The highest BCUT2D eigenvalue weighted by atomic mass is 32.2. The first-order chi connectivity index (χ1) is 6.08. The quantitative estimate of drug-likeness (QED) is 0.768. The summed E-state index contributed by atoms with van der Waals surface area (Å²) in [6.07, 6.45) is 4.17. The van der Waals surface area contributed by atoms with Gasteiger partial charge >= 0.3 is 0 Å². The van der Waals surface area contributed by atoms with Crippen LogP contribution in [0.25, 0.3) is 0 Å². The summed E-state index contributed by atoms with van der Waals surface area (Å²) in [7, 11) is -3.39. The van der Waals surface area contributed by atoms with E-state index in [4.69, 9.17) is 5.73 Å². The van der Waals surface area contributed by atoms with Crippen LogP contribution in [-0.4, -0.2) is 13.4 Å². The van der Waals surface area contributed by atoms with Gasteiger partial charge in [0.25, 0.3) is 0 Å². The number of nitrogens with zero attached hydrogens (tertiary/aromatic N) is 1. The monoisotopic (exact) mass is 198 g/mol. The van der Waals surface area contributed by atoms with Crippen molar-refractivity contribution in [3.8, 4) is 0 Å². The summed E-state index contributed by atoms with van der Waals surface area (Å²) in [6.45, 7) is 1.63. The number of hydrogen-bond acceptors (Lipinski definition) is 4. The van der Waals surface area contributed by atoms with E-state index in [9.17, 15) is 8.42 Å². The highest BCUT2D eigenvalue weighted by Gasteiger charge is 2.12. The van der Waals surface area contributed by atoms with E-state index in [1.54, 1.807) is 6.92 Å². The molecule has 0 radical (unpaired) electrons. The van der Waals surface area contributed by atoms with Crippen molar-refractivity contribution in [2.24, 2.45) is 0 Å². The Morgan fingerprint density at radius 2 is 2.23 bits per heavy atom. The van der Waals surface area contributed by atoms with Gasteiger partial charge in [0, 0.05) is 11.6 Å². The van der Waals surface area contributed by atoms with Gasteiger partial charge in [0.15, 0.2) is 0 Å². The van der Waals surface area contributed by atoms with E-state index in [-0.39, 0.29) is 10.6 Å². The van der Waals surface area contributed by atoms with Crippen LogP contribution in [0.5, 0.6) is 0 Å². The molecule has 1 rings (SSSR count). The third-order valence-corrected chi connectivity index (χ3v) is 3.05. The molecular formula is C8H10N2O2S. The van der Waals surface area contributed by atoms with E-state index < -0.39 is 9.84 Å². The molecule has 1 aromatic heterocycles. The van der Waals surface area contributed by atoms with E-state index in [1.807, 2.05) is 0 Å². The van der Waals surface area contributed by atoms with Crippen molar-refractivity contribution in [1.29, 1.82) is 0 Å². The summed E-state index contributed by atoms with van der Waals surface area (Å²) in [5.74, 6) is 0. The molecule has 0 aromatic carbocycles. The van der Waals surface area contributed by atoms with Gasteiger partial charge in [-0.15, -0.1) is 0 Å². The molecule has 4 nitrogen and oxygen atoms in total. The highest BCUT2D eigenvalue weighted by Crippen LogP contribution is 2.17. The minimum atomic E-state index is -3.39.